The van der Waals surface area contributed by atoms with Gasteiger partial charge in [-0.15, -0.1) is 13.2 Å². The molecule has 0 aliphatic carbocycles. The van der Waals surface area contributed by atoms with E-state index < -0.39 is 35.6 Å². The zero-order valence-electron chi connectivity index (χ0n) is 10.8. The molecule has 1 rings (SSSR count). The second-order valence-corrected chi connectivity index (χ2v) is 4.31. The highest BCUT2D eigenvalue weighted by atomic mass is 79.9. The van der Waals surface area contributed by atoms with Crippen LogP contribution in [-0.2, 0) is 16.2 Å². The van der Waals surface area contributed by atoms with E-state index in [2.05, 4.69) is 30.4 Å². The molecule has 0 unspecified atom stereocenters. The number of pyridine rings is 1. The Balaban J connectivity index is 3.53. The van der Waals surface area contributed by atoms with Gasteiger partial charge in [-0.3, -0.25) is 0 Å². The average molecular weight is 396 g/mol. The van der Waals surface area contributed by atoms with Gasteiger partial charge in [0, 0.05) is 5.33 Å². The first kappa shape index (κ1) is 18.5. The van der Waals surface area contributed by atoms with Gasteiger partial charge in [0.25, 0.3) is 0 Å². The molecule has 1 heterocycles. The lowest BCUT2D eigenvalue weighted by atomic mass is 10.1. The zero-order chi connectivity index (χ0) is 17.1. The molecule has 0 atom stereocenters. The second-order valence-electron chi connectivity index (χ2n) is 3.75. The third-order valence-electron chi connectivity index (χ3n) is 2.19. The van der Waals surface area contributed by atoms with Crippen molar-refractivity contribution in [1.29, 1.82) is 0 Å². The maximum absolute atomic E-state index is 12.7. The van der Waals surface area contributed by atoms with Crippen molar-refractivity contribution in [2.45, 2.75) is 24.8 Å². The number of nitrogens with zero attached hydrogens (tertiary/aromatic N) is 1. The van der Waals surface area contributed by atoms with Crippen molar-refractivity contribution in [3.8, 4) is 5.88 Å². The van der Waals surface area contributed by atoms with E-state index in [1.54, 1.807) is 0 Å². The summed E-state index contributed by atoms with van der Waals surface area (Å²) in [6, 6.07) is 0.449. The number of carbonyl (C=O) groups is 1. The maximum atomic E-state index is 12.7. The molecule has 1 aromatic heterocycles. The van der Waals surface area contributed by atoms with Gasteiger partial charge in [0.2, 0.25) is 5.88 Å². The van der Waals surface area contributed by atoms with Gasteiger partial charge in [-0.25, -0.2) is 9.78 Å². The number of carbonyl (C=O) groups excluding carboxylic acids is 1. The molecule has 22 heavy (non-hydrogen) atoms. The van der Waals surface area contributed by atoms with Gasteiger partial charge in [-0.05, 0) is 18.6 Å². The third kappa shape index (κ3) is 4.75. The van der Waals surface area contributed by atoms with Crippen molar-refractivity contribution in [2.75, 3.05) is 6.61 Å². The molecule has 0 N–H and O–H groups in total. The first-order chi connectivity index (χ1) is 9.99. The van der Waals surface area contributed by atoms with Crippen LogP contribution in [0.2, 0.25) is 0 Å². The molecule has 0 spiro atoms. The van der Waals surface area contributed by atoms with E-state index >= 15 is 0 Å². The molecule has 0 aliphatic rings. The minimum absolute atomic E-state index is 0.187. The number of halogens is 7. The lowest BCUT2D eigenvalue weighted by Crippen LogP contribution is -2.23. The van der Waals surface area contributed by atoms with E-state index in [9.17, 15) is 31.1 Å². The molecule has 124 valence electrons. The maximum Gasteiger partial charge on any atom is 0.574 e. The summed E-state index contributed by atoms with van der Waals surface area (Å²) in [7, 11) is 0. The Bertz CT molecular complexity index is 558. The van der Waals surface area contributed by atoms with Gasteiger partial charge in [0.15, 0.2) is 0 Å². The van der Waals surface area contributed by atoms with Crippen LogP contribution < -0.4 is 4.74 Å². The van der Waals surface area contributed by atoms with E-state index in [1.165, 1.54) is 6.92 Å². The predicted octanol–water partition coefficient (Wildman–Crippen LogP) is 4.07. The van der Waals surface area contributed by atoms with Crippen LogP contribution in [0.25, 0.3) is 0 Å². The fourth-order valence-electron chi connectivity index (χ4n) is 1.43. The highest BCUT2D eigenvalue weighted by molar-refractivity contribution is 9.08. The highest BCUT2D eigenvalue weighted by Gasteiger charge is 2.39. The number of hydrogen-bond donors (Lipinski definition) is 0. The molecule has 0 saturated heterocycles. The van der Waals surface area contributed by atoms with E-state index in [0.717, 1.165) is 0 Å². The molecule has 0 amide bonds. The number of rotatable bonds is 4. The van der Waals surface area contributed by atoms with Crippen LogP contribution in [-0.4, -0.2) is 23.9 Å². The van der Waals surface area contributed by atoms with Crippen molar-refractivity contribution in [3.05, 3.63) is 22.9 Å². The Hall–Kier alpha value is -1.52. The normalized spacial score (nSPS) is 12.2. The summed E-state index contributed by atoms with van der Waals surface area (Å²) in [6.45, 7) is 1.19. The van der Waals surface area contributed by atoms with Gasteiger partial charge in [0.05, 0.1) is 6.61 Å². The van der Waals surface area contributed by atoms with E-state index in [4.69, 9.17) is 0 Å². The topological polar surface area (TPSA) is 48.4 Å². The summed E-state index contributed by atoms with van der Waals surface area (Å²) in [4.78, 5) is 14.4. The SMILES string of the molecule is CCOC(=O)c1c(CBr)cc(C(F)(F)F)nc1OC(F)(F)F. The minimum Gasteiger partial charge on any atom is -0.462 e. The van der Waals surface area contributed by atoms with Crippen LogP contribution in [0.4, 0.5) is 26.3 Å². The van der Waals surface area contributed by atoms with Crippen molar-refractivity contribution in [2.24, 2.45) is 0 Å². The smallest absolute Gasteiger partial charge is 0.462 e. The number of esters is 1. The molecular weight excluding hydrogens is 388 g/mol. The average Bonchev–Trinajstić information content (AvgIpc) is 2.34. The lowest BCUT2D eigenvalue weighted by Gasteiger charge is -2.16. The van der Waals surface area contributed by atoms with Crippen LogP contribution in [0.1, 0.15) is 28.5 Å². The molecule has 0 aliphatic heterocycles. The molecule has 0 saturated carbocycles. The van der Waals surface area contributed by atoms with Crippen molar-refractivity contribution >= 4 is 21.9 Å². The first-order valence-electron chi connectivity index (χ1n) is 5.59. The summed E-state index contributed by atoms with van der Waals surface area (Å²) in [6.07, 6.45) is -10.3. The predicted molar refractivity (Wildman–Crippen MR) is 64.5 cm³/mol. The van der Waals surface area contributed by atoms with Crippen LogP contribution >= 0.6 is 15.9 Å². The fraction of sp³-hybridized carbons (Fsp3) is 0.455. The number of aromatic nitrogens is 1. The van der Waals surface area contributed by atoms with Crippen molar-refractivity contribution in [3.63, 3.8) is 0 Å². The van der Waals surface area contributed by atoms with Crippen LogP contribution in [0.15, 0.2) is 6.07 Å². The summed E-state index contributed by atoms with van der Waals surface area (Å²) < 4.78 is 83.0. The molecule has 0 fully saturated rings. The Morgan fingerprint density at radius 3 is 2.27 bits per heavy atom. The molecular formula is C11H8BrF6NO3. The van der Waals surface area contributed by atoms with Crippen LogP contribution in [0.5, 0.6) is 5.88 Å². The molecule has 4 nitrogen and oxygen atoms in total. The summed E-state index contributed by atoms with van der Waals surface area (Å²) >= 11 is 2.80. The second kappa shape index (κ2) is 6.71. The van der Waals surface area contributed by atoms with E-state index in [0.29, 0.717) is 6.07 Å². The first-order valence-corrected chi connectivity index (χ1v) is 6.71. The van der Waals surface area contributed by atoms with E-state index in [1.807, 2.05) is 0 Å². The van der Waals surface area contributed by atoms with Gasteiger partial charge in [-0.1, -0.05) is 15.9 Å². The molecule has 0 aromatic carbocycles. The Labute approximate surface area is 128 Å². The van der Waals surface area contributed by atoms with Gasteiger partial charge in [-0.2, -0.15) is 13.2 Å². The van der Waals surface area contributed by atoms with E-state index in [-0.39, 0.29) is 17.5 Å². The number of ether oxygens (including phenoxy) is 2. The third-order valence-corrected chi connectivity index (χ3v) is 2.80. The summed E-state index contributed by atoms with van der Waals surface area (Å²) in [5, 5.41) is -0.332. The largest absolute Gasteiger partial charge is 0.574 e. The minimum atomic E-state index is -5.32. The Morgan fingerprint density at radius 1 is 1.27 bits per heavy atom. The van der Waals surface area contributed by atoms with Gasteiger partial charge >= 0.3 is 18.5 Å². The molecule has 1 aromatic rings. The van der Waals surface area contributed by atoms with Crippen molar-refractivity contribution < 1.29 is 40.6 Å². The quantitative estimate of drug-likeness (QED) is 0.438. The van der Waals surface area contributed by atoms with Gasteiger partial charge in [0.1, 0.15) is 11.3 Å². The zero-order valence-corrected chi connectivity index (χ0v) is 12.4. The summed E-state index contributed by atoms with van der Waals surface area (Å²) in [5.74, 6) is -2.77. The Kier molecular flexibility index (Phi) is 5.65. The van der Waals surface area contributed by atoms with Crippen LogP contribution in [0, 0.1) is 0 Å². The fourth-order valence-corrected chi connectivity index (χ4v) is 1.87. The van der Waals surface area contributed by atoms with Crippen molar-refractivity contribution in [1.82, 2.24) is 4.98 Å². The Morgan fingerprint density at radius 2 is 1.86 bits per heavy atom. The van der Waals surface area contributed by atoms with Crippen LogP contribution in [0.3, 0.4) is 0 Å². The standard InChI is InChI=1S/C11H8BrF6NO3/c1-2-21-9(20)7-5(4-12)3-6(10(13,14)15)19-8(7)22-11(16,17)18/h3H,2,4H2,1H3. The summed E-state index contributed by atoms with van der Waals surface area (Å²) in [5.41, 5.74) is -2.82. The monoisotopic (exact) mass is 395 g/mol. The highest BCUT2D eigenvalue weighted by Crippen LogP contribution is 2.35. The molecule has 0 radical (unpaired) electrons. The number of alkyl halides is 7. The lowest BCUT2D eigenvalue weighted by molar-refractivity contribution is -0.276. The number of hydrogen-bond acceptors (Lipinski definition) is 4. The molecule has 0 bridgehead atoms. The van der Waals surface area contributed by atoms with Gasteiger partial charge < -0.3 is 9.47 Å². The molecule has 11 heteroatoms.